The van der Waals surface area contributed by atoms with Crippen LogP contribution in [-0.2, 0) is 28.6 Å². The van der Waals surface area contributed by atoms with E-state index in [1.54, 1.807) is 0 Å². The van der Waals surface area contributed by atoms with Gasteiger partial charge in [-0.15, -0.1) is 0 Å². The highest BCUT2D eigenvalue weighted by Gasteiger charge is 2.19. The molecule has 0 spiro atoms. The van der Waals surface area contributed by atoms with E-state index in [0.717, 1.165) is 89.9 Å². The van der Waals surface area contributed by atoms with Crippen molar-refractivity contribution in [3.05, 3.63) is 36.5 Å². The van der Waals surface area contributed by atoms with Gasteiger partial charge in [-0.2, -0.15) is 0 Å². The number of allylic oxidation sites excluding steroid dienone is 6. The van der Waals surface area contributed by atoms with Crippen LogP contribution in [0.5, 0.6) is 0 Å². The van der Waals surface area contributed by atoms with Gasteiger partial charge >= 0.3 is 17.9 Å². The van der Waals surface area contributed by atoms with E-state index in [1.165, 1.54) is 231 Å². The first kappa shape index (κ1) is 71.6. The Balaban J connectivity index is 4.10. The van der Waals surface area contributed by atoms with Crippen LogP contribution in [-0.4, -0.2) is 37.2 Å². The molecular weight excluding hydrogens is 913 g/mol. The number of hydrogen-bond acceptors (Lipinski definition) is 6. The highest BCUT2D eigenvalue weighted by atomic mass is 16.6. The summed E-state index contributed by atoms with van der Waals surface area (Å²) in [6.45, 7) is 6.61. The minimum absolute atomic E-state index is 0.0768. The van der Waals surface area contributed by atoms with Crippen molar-refractivity contribution in [2.45, 2.75) is 367 Å². The summed E-state index contributed by atoms with van der Waals surface area (Å²) in [5.74, 6) is -0.881. The van der Waals surface area contributed by atoms with E-state index in [1.807, 2.05) is 0 Å². The number of unbranched alkanes of at least 4 members (excludes halogenated alkanes) is 44. The van der Waals surface area contributed by atoms with Gasteiger partial charge < -0.3 is 14.2 Å². The largest absolute Gasteiger partial charge is 0.462 e. The molecule has 1 atom stereocenters. The second-order valence-corrected chi connectivity index (χ2v) is 22.4. The van der Waals surface area contributed by atoms with Gasteiger partial charge in [0.2, 0.25) is 0 Å². The van der Waals surface area contributed by atoms with Gasteiger partial charge in [0.15, 0.2) is 6.10 Å². The fourth-order valence-electron chi connectivity index (χ4n) is 9.87. The quantitative estimate of drug-likeness (QED) is 0.0261. The Morgan fingerprint density at radius 2 is 0.500 bits per heavy atom. The van der Waals surface area contributed by atoms with Crippen LogP contribution < -0.4 is 0 Å². The summed E-state index contributed by atoms with van der Waals surface area (Å²) < 4.78 is 16.9. The van der Waals surface area contributed by atoms with Crippen molar-refractivity contribution < 1.29 is 28.6 Å². The molecule has 0 aliphatic carbocycles. The van der Waals surface area contributed by atoms with Crippen LogP contribution in [0.15, 0.2) is 36.5 Å². The minimum atomic E-state index is -0.780. The molecule has 0 amide bonds. The predicted octanol–water partition coefficient (Wildman–Crippen LogP) is 22.4. The van der Waals surface area contributed by atoms with Gasteiger partial charge in [0.1, 0.15) is 13.2 Å². The summed E-state index contributed by atoms with van der Waals surface area (Å²) in [6.07, 6.45) is 77.5. The monoisotopic (exact) mass is 1040 g/mol. The molecule has 0 aliphatic rings. The molecule has 0 saturated carbocycles. The first-order valence-corrected chi connectivity index (χ1v) is 33.0. The standard InChI is InChI=1S/C68H126O6/c1-4-7-10-13-16-19-22-25-27-28-29-30-31-32-33-34-35-36-37-38-39-40-41-42-44-46-49-52-55-58-61-67(70)73-64-65(63-72-66(69)60-57-54-51-48-45-24-21-18-15-12-9-6-3)74-68(71)62-59-56-53-50-47-43-26-23-20-17-14-11-8-5-2/h14,17-18,21,23,26,65H,4-13,15-16,19-20,22,24-25,27-64H2,1-3H3/b17-14-,21-18-,26-23-. The summed E-state index contributed by atoms with van der Waals surface area (Å²) in [5, 5.41) is 0. The molecular formula is C68H126O6. The van der Waals surface area contributed by atoms with E-state index in [4.69, 9.17) is 14.2 Å². The van der Waals surface area contributed by atoms with Crippen molar-refractivity contribution in [3.8, 4) is 0 Å². The maximum Gasteiger partial charge on any atom is 0.306 e. The van der Waals surface area contributed by atoms with Gasteiger partial charge in [0.25, 0.3) is 0 Å². The van der Waals surface area contributed by atoms with Gasteiger partial charge in [0.05, 0.1) is 0 Å². The molecule has 6 heteroatoms. The number of esters is 3. The van der Waals surface area contributed by atoms with Crippen molar-refractivity contribution >= 4 is 17.9 Å². The van der Waals surface area contributed by atoms with Crippen LogP contribution in [0.1, 0.15) is 361 Å². The molecule has 1 unspecified atom stereocenters. The third-order valence-electron chi connectivity index (χ3n) is 14.9. The summed E-state index contributed by atoms with van der Waals surface area (Å²) in [7, 11) is 0. The van der Waals surface area contributed by atoms with Crippen LogP contribution in [0, 0.1) is 0 Å². The maximum atomic E-state index is 12.9. The summed E-state index contributed by atoms with van der Waals surface area (Å²) in [4.78, 5) is 38.2. The second kappa shape index (κ2) is 63.2. The lowest BCUT2D eigenvalue weighted by atomic mass is 10.0. The highest BCUT2D eigenvalue weighted by Crippen LogP contribution is 2.18. The minimum Gasteiger partial charge on any atom is -0.462 e. The lowest BCUT2D eigenvalue weighted by Gasteiger charge is -2.18. The van der Waals surface area contributed by atoms with Crippen molar-refractivity contribution in [2.24, 2.45) is 0 Å². The molecule has 0 bridgehead atoms. The first-order chi connectivity index (χ1) is 36.5. The van der Waals surface area contributed by atoms with Gasteiger partial charge in [-0.3, -0.25) is 14.4 Å². The molecule has 0 N–H and O–H groups in total. The molecule has 0 aromatic carbocycles. The van der Waals surface area contributed by atoms with Gasteiger partial charge in [0, 0.05) is 19.3 Å². The molecule has 0 heterocycles. The van der Waals surface area contributed by atoms with Crippen molar-refractivity contribution in [1.82, 2.24) is 0 Å². The van der Waals surface area contributed by atoms with Crippen LogP contribution in [0.4, 0.5) is 0 Å². The normalized spacial score (nSPS) is 12.2. The third kappa shape index (κ3) is 60.5. The molecule has 74 heavy (non-hydrogen) atoms. The van der Waals surface area contributed by atoms with E-state index >= 15 is 0 Å². The third-order valence-corrected chi connectivity index (χ3v) is 14.9. The van der Waals surface area contributed by atoms with Crippen LogP contribution in [0.3, 0.4) is 0 Å². The maximum absolute atomic E-state index is 12.9. The average Bonchev–Trinajstić information content (AvgIpc) is 3.40. The summed E-state index contributed by atoms with van der Waals surface area (Å²) in [6, 6.07) is 0. The van der Waals surface area contributed by atoms with Crippen LogP contribution in [0.2, 0.25) is 0 Å². The molecule has 0 fully saturated rings. The Labute approximate surface area is 461 Å². The SMILES string of the molecule is CCCC/C=C\C/C=C\CCCCCCCC(=O)OC(COC(=O)CCCCCCC/C=C\CCCCC)COC(=O)CCCCCCCCCCCCCCCCCCCCCCCCCCCCCCCC. The molecule has 0 saturated heterocycles. The van der Waals surface area contributed by atoms with Crippen molar-refractivity contribution in [3.63, 3.8) is 0 Å². The number of hydrogen-bond donors (Lipinski definition) is 0. The topological polar surface area (TPSA) is 78.9 Å². The van der Waals surface area contributed by atoms with E-state index in [9.17, 15) is 14.4 Å². The van der Waals surface area contributed by atoms with Crippen molar-refractivity contribution in [1.29, 1.82) is 0 Å². The van der Waals surface area contributed by atoms with Crippen LogP contribution >= 0.6 is 0 Å². The average molecular weight is 1040 g/mol. The molecule has 434 valence electrons. The number of rotatable bonds is 61. The van der Waals surface area contributed by atoms with Crippen LogP contribution in [0.25, 0.3) is 0 Å². The molecule has 0 rings (SSSR count). The Bertz CT molecular complexity index is 1240. The van der Waals surface area contributed by atoms with Crippen molar-refractivity contribution in [2.75, 3.05) is 13.2 Å². The molecule has 0 aromatic rings. The lowest BCUT2D eigenvalue weighted by Crippen LogP contribution is -2.30. The molecule has 6 nitrogen and oxygen atoms in total. The fourth-order valence-corrected chi connectivity index (χ4v) is 9.87. The van der Waals surface area contributed by atoms with Gasteiger partial charge in [-0.1, -0.05) is 308 Å². The Morgan fingerprint density at radius 3 is 0.824 bits per heavy atom. The van der Waals surface area contributed by atoms with Gasteiger partial charge in [-0.05, 0) is 70.6 Å². The second-order valence-electron chi connectivity index (χ2n) is 22.4. The summed E-state index contributed by atoms with van der Waals surface area (Å²) >= 11 is 0. The molecule has 0 aromatic heterocycles. The van der Waals surface area contributed by atoms with E-state index < -0.39 is 6.10 Å². The zero-order valence-corrected chi connectivity index (χ0v) is 49.9. The number of carbonyl (C=O) groups is 3. The fraction of sp³-hybridized carbons (Fsp3) is 0.868. The smallest absolute Gasteiger partial charge is 0.306 e. The number of ether oxygens (including phenoxy) is 3. The summed E-state index contributed by atoms with van der Waals surface area (Å²) in [5.41, 5.74) is 0. The zero-order chi connectivity index (χ0) is 53.6. The molecule has 0 aliphatic heterocycles. The predicted molar refractivity (Wildman–Crippen MR) is 321 cm³/mol. The van der Waals surface area contributed by atoms with E-state index in [0.29, 0.717) is 19.3 Å². The van der Waals surface area contributed by atoms with E-state index in [-0.39, 0.29) is 31.1 Å². The zero-order valence-electron chi connectivity index (χ0n) is 49.9. The van der Waals surface area contributed by atoms with E-state index in [2.05, 4.69) is 57.2 Å². The Morgan fingerprint density at radius 1 is 0.270 bits per heavy atom. The Kier molecular flexibility index (Phi) is 61.1. The first-order valence-electron chi connectivity index (χ1n) is 33.0. The lowest BCUT2D eigenvalue weighted by molar-refractivity contribution is -0.167. The van der Waals surface area contributed by atoms with Gasteiger partial charge in [-0.25, -0.2) is 0 Å². The number of carbonyl (C=O) groups excluding carboxylic acids is 3. The molecule has 0 radical (unpaired) electrons. The highest BCUT2D eigenvalue weighted by molar-refractivity contribution is 5.71. The Hall–Kier alpha value is -2.37.